The number of carbonyl (C=O) groups is 2. The molecule has 7 heteroatoms. The van der Waals surface area contributed by atoms with Gasteiger partial charge in [0.1, 0.15) is 17.0 Å². The number of hydrogen-bond acceptors (Lipinski definition) is 5. The van der Waals surface area contributed by atoms with E-state index in [4.69, 9.17) is 9.47 Å². The smallest absolute Gasteiger partial charge is 0.327 e. The molecule has 2 aromatic carbocycles. The van der Waals surface area contributed by atoms with Gasteiger partial charge in [-0.1, -0.05) is 38.1 Å². The van der Waals surface area contributed by atoms with Gasteiger partial charge in [-0.15, -0.1) is 0 Å². The largest absolute Gasteiger partial charge is 0.497 e. The van der Waals surface area contributed by atoms with Gasteiger partial charge in [-0.3, -0.25) is 14.6 Å². The maximum atomic E-state index is 13.7. The van der Waals surface area contributed by atoms with Crippen LogP contribution in [0.15, 0.2) is 48.5 Å². The van der Waals surface area contributed by atoms with Crippen molar-refractivity contribution in [3.63, 3.8) is 0 Å². The fourth-order valence-corrected chi connectivity index (χ4v) is 5.25. The molecule has 0 aliphatic carbocycles. The van der Waals surface area contributed by atoms with E-state index in [0.717, 1.165) is 36.7 Å². The van der Waals surface area contributed by atoms with Crippen molar-refractivity contribution >= 4 is 11.9 Å². The zero-order valence-corrected chi connectivity index (χ0v) is 21.3. The molecule has 0 aromatic heterocycles. The number of carbonyl (C=O) groups excluding carboxylic acids is 2. The van der Waals surface area contributed by atoms with Gasteiger partial charge in [0.05, 0.1) is 14.2 Å². The van der Waals surface area contributed by atoms with Crippen LogP contribution >= 0.6 is 0 Å². The molecule has 2 heterocycles. The Bertz CT molecular complexity index is 1030. The van der Waals surface area contributed by atoms with Gasteiger partial charge in [-0.25, -0.2) is 4.79 Å². The summed E-state index contributed by atoms with van der Waals surface area (Å²) in [6.45, 7) is 7.42. The van der Waals surface area contributed by atoms with E-state index in [0.29, 0.717) is 32.4 Å². The third-order valence-corrected chi connectivity index (χ3v) is 7.18. The summed E-state index contributed by atoms with van der Waals surface area (Å²) in [7, 11) is 3.33. The molecule has 0 bridgehead atoms. The van der Waals surface area contributed by atoms with Gasteiger partial charge in [0.15, 0.2) is 0 Å². The minimum atomic E-state index is -0.747. The van der Waals surface area contributed by atoms with Crippen molar-refractivity contribution in [2.24, 2.45) is 5.92 Å². The van der Waals surface area contributed by atoms with Gasteiger partial charge < -0.3 is 14.4 Å². The van der Waals surface area contributed by atoms with Crippen molar-refractivity contribution in [1.29, 1.82) is 0 Å². The number of hydrogen-bond donors (Lipinski definition) is 0. The first-order valence-electron chi connectivity index (χ1n) is 12.5. The maximum Gasteiger partial charge on any atom is 0.327 e. The third kappa shape index (κ3) is 5.30. The lowest BCUT2D eigenvalue weighted by Crippen LogP contribution is -2.56. The van der Waals surface area contributed by atoms with Gasteiger partial charge >= 0.3 is 6.03 Å². The highest BCUT2D eigenvalue weighted by Crippen LogP contribution is 2.38. The number of ether oxygens (including phenoxy) is 2. The first-order valence-corrected chi connectivity index (χ1v) is 12.5. The molecule has 7 nitrogen and oxygen atoms in total. The number of rotatable bonds is 9. The predicted molar refractivity (Wildman–Crippen MR) is 136 cm³/mol. The van der Waals surface area contributed by atoms with E-state index in [-0.39, 0.29) is 17.9 Å². The van der Waals surface area contributed by atoms with Crippen molar-refractivity contribution in [2.75, 3.05) is 40.4 Å². The van der Waals surface area contributed by atoms with E-state index in [9.17, 15) is 9.59 Å². The highest BCUT2D eigenvalue weighted by Gasteiger charge is 2.57. The first kappa shape index (κ1) is 25.0. The topological polar surface area (TPSA) is 62.3 Å². The first-order chi connectivity index (χ1) is 16.9. The Hall–Kier alpha value is -3.06. The molecule has 0 atom stereocenters. The molecule has 0 radical (unpaired) electrons. The van der Waals surface area contributed by atoms with Gasteiger partial charge in [0, 0.05) is 32.7 Å². The van der Waals surface area contributed by atoms with Gasteiger partial charge in [0.2, 0.25) is 0 Å². The summed E-state index contributed by atoms with van der Waals surface area (Å²) in [5, 5.41) is 0. The molecule has 2 saturated heterocycles. The lowest BCUT2D eigenvalue weighted by atomic mass is 9.85. The third-order valence-electron chi connectivity index (χ3n) is 7.18. The Morgan fingerprint density at radius 3 is 2.23 bits per heavy atom. The van der Waals surface area contributed by atoms with Crippen molar-refractivity contribution in [2.45, 2.75) is 45.2 Å². The van der Waals surface area contributed by atoms with Crippen LogP contribution in [-0.4, -0.2) is 72.6 Å². The lowest BCUT2D eigenvalue weighted by Gasteiger charge is -2.42. The summed E-state index contributed by atoms with van der Waals surface area (Å²) in [4.78, 5) is 32.9. The van der Waals surface area contributed by atoms with Crippen molar-refractivity contribution in [1.82, 2.24) is 14.7 Å². The molecule has 2 aromatic rings. The van der Waals surface area contributed by atoms with E-state index < -0.39 is 5.54 Å². The number of likely N-dealkylation sites (tertiary alicyclic amines) is 1. The minimum Gasteiger partial charge on any atom is -0.497 e. The molecule has 1 spiro atoms. The van der Waals surface area contributed by atoms with Crippen molar-refractivity contribution in [3.05, 3.63) is 59.7 Å². The Balaban J connectivity index is 1.49. The number of amides is 3. The second-order valence-electron chi connectivity index (χ2n) is 10.0. The fraction of sp³-hybridized carbons (Fsp3) is 0.500. The molecule has 4 rings (SSSR count). The summed E-state index contributed by atoms with van der Waals surface area (Å²) >= 11 is 0. The Kier molecular flexibility index (Phi) is 7.65. The van der Waals surface area contributed by atoms with E-state index in [1.165, 1.54) is 10.5 Å². The van der Waals surface area contributed by atoms with Crippen molar-refractivity contribution in [3.8, 4) is 11.5 Å². The molecule has 188 valence electrons. The minimum absolute atomic E-state index is 0.0213. The van der Waals surface area contributed by atoms with Crippen LogP contribution in [0.5, 0.6) is 11.5 Å². The number of methoxy groups -OCH3 is 2. The van der Waals surface area contributed by atoms with Crippen LogP contribution < -0.4 is 9.47 Å². The standard InChI is InChI=1S/C28H37N3O4/c1-21(2)19-30-26(32)28(31(27(30)33)15-12-22-8-10-24(34-3)11-9-22)13-16-29(17-14-28)20-23-6-5-7-25(18-23)35-4/h5-11,18,21H,12-17,19-20H2,1-4H3. The molecule has 2 aliphatic rings. The van der Waals surface area contributed by atoms with E-state index in [1.807, 2.05) is 55.1 Å². The number of nitrogens with zero attached hydrogens (tertiary/aromatic N) is 3. The van der Waals surface area contributed by atoms with Crippen LogP contribution in [0.2, 0.25) is 0 Å². The average molecular weight is 480 g/mol. The normalized spacial score (nSPS) is 18.1. The molecular formula is C28H37N3O4. The maximum absolute atomic E-state index is 13.7. The predicted octanol–water partition coefficient (Wildman–Crippen LogP) is 4.20. The number of urea groups is 1. The Morgan fingerprint density at radius 1 is 0.914 bits per heavy atom. The second-order valence-corrected chi connectivity index (χ2v) is 10.0. The highest BCUT2D eigenvalue weighted by atomic mass is 16.5. The molecule has 0 saturated carbocycles. The highest BCUT2D eigenvalue weighted by molar-refractivity contribution is 6.07. The summed E-state index contributed by atoms with van der Waals surface area (Å²) in [6, 6.07) is 15.9. The zero-order chi connectivity index (χ0) is 25.0. The SMILES string of the molecule is COc1ccc(CCN2C(=O)N(CC(C)C)C(=O)C23CCN(Cc2cccc(OC)c2)CC3)cc1. The average Bonchev–Trinajstić information content (AvgIpc) is 3.05. The van der Waals surface area contributed by atoms with Gasteiger partial charge in [-0.2, -0.15) is 0 Å². The molecule has 0 unspecified atom stereocenters. The number of piperidine rings is 1. The van der Waals surface area contributed by atoms with Crippen LogP contribution in [0.1, 0.15) is 37.8 Å². The van der Waals surface area contributed by atoms with E-state index in [1.54, 1.807) is 14.2 Å². The molecule has 2 aliphatic heterocycles. The lowest BCUT2D eigenvalue weighted by molar-refractivity contribution is -0.136. The summed E-state index contributed by atoms with van der Waals surface area (Å²) in [5.74, 6) is 1.87. The molecular weight excluding hydrogens is 442 g/mol. The van der Waals surface area contributed by atoms with Crippen LogP contribution in [0.4, 0.5) is 4.79 Å². The zero-order valence-electron chi connectivity index (χ0n) is 21.3. The fourth-order valence-electron chi connectivity index (χ4n) is 5.25. The molecule has 35 heavy (non-hydrogen) atoms. The number of benzene rings is 2. The molecule has 0 N–H and O–H groups in total. The summed E-state index contributed by atoms with van der Waals surface area (Å²) in [5.41, 5.74) is 1.56. The van der Waals surface area contributed by atoms with E-state index >= 15 is 0 Å². The van der Waals surface area contributed by atoms with Crippen LogP contribution in [0.25, 0.3) is 0 Å². The van der Waals surface area contributed by atoms with Crippen LogP contribution in [0.3, 0.4) is 0 Å². The van der Waals surface area contributed by atoms with E-state index in [2.05, 4.69) is 17.0 Å². The van der Waals surface area contributed by atoms with Gasteiger partial charge in [-0.05, 0) is 60.6 Å². The summed E-state index contributed by atoms with van der Waals surface area (Å²) in [6.07, 6.45) is 2.01. The molecule has 3 amide bonds. The number of imide groups is 1. The molecule has 2 fully saturated rings. The summed E-state index contributed by atoms with van der Waals surface area (Å²) < 4.78 is 10.6. The van der Waals surface area contributed by atoms with Gasteiger partial charge in [0.25, 0.3) is 5.91 Å². The van der Waals surface area contributed by atoms with Crippen LogP contribution in [-0.2, 0) is 17.8 Å². The monoisotopic (exact) mass is 479 g/mol. The Labute approximate surface area is 208 Å². The second kappa shape index (κ2) is 10.7. The Morgan fingerprint density at radius 2 is 1.60 bits per heavy atom. The van der Waals surface area contributed by atoms with Crippen molar-refractivity contribution < 1.29 is 19.1 Å². The quantitative estimate of drug-likeness (QED) is 0.505. The van der Waals surface area contributed by atoms with Crippen LogP contribution in [0, 0.1) is 5.92 Å².